The lowest BCUT2D eigenvalue weighted by atomic mass is 9.89. The third kappa shape index (κ3) is 1.42. The number of quaternary nitrogens is 1. The molecule has 1 fully saturated rings. The summed E-state index contributed by atoms with van der Waals surface area (Å²) in [5, 5.41) is 2.38. The lowest BCUT2D eigenvalue weighted by Crippen LogP contribution is -3.13. The molecule has 0 aromatic heterocycles. The molecule has 17 heavy (non-hydrogen) atoms. The van der Waals surface area contributed by atoms with Crippen molar-refractivity contribution in [3.8, 4) is 0 Å². The molecule has 2 atom stereocenters. The van der Waals surface area contributed by atoms with Crippen molar-refractivity contribution in [3.63, 3.8) is 0 Å². The van der Waals surface area contributed by atoms with Crippen LogP contribution in [0.5, 0.6) is 0 Å². The van der Waals surface area contributed by atoms with E-state index in [4.69, 9.17) is 5.73 Å². The Balaban J connectivity index is 2.61. The highest BCUT2D eigenvalue weighted by Crippen LogP contribution is 2.22. The maximum Gasteiger partial charge on any atom is 0.423 e. The summed E-state index contributed by atoms with van der Waals surface area (Å²) in [6.45, 7) is 0. The topological polar surface area (TPSA) is 93.7 Å². The third-order valence-electron chi connectivity index (χ3n) is 2.90. The van der Waals surface area contributed by atoms with Crippen LogP contribution in [0.3, 0.4) is 0 Å². The van der Waals surface area contributed by atoms with E-state index in [1.807, 2.05) is 0 Å². The predicted molar refractivity (Wildman–Crippen MR) is 57.7 cm³/mol. The summed E-state index contributed by atoms with van der Waals surface area (Å²) < 4.78 is 0. The molecule has 0 saturated carbocycles. The second-order valence-corrected chi connectivity index (χ2v) is 3.89. The predicted octanol–water partition coefficient (Wildman–Crippen LogP) is -1.87. The van der Waals surface area contributed by atoms with Crippen LogP contribution >= 0.6 is 0 Å². The second kappa shape index (κ2) is 3.67. The van der Waals surface area contributed by atoms with Crippen molar-refractivity contribution >= 4 is 17.8 Å². The molecule has 0 bridgehead atoms. The molecule has 6 nitrogen and oxygen atoms in total. The molecule has 1 aliphatic rings. The molecular weight excluding hydrogens is 222 g/mol. The van der Waals surface area contributed by atoms with E-state index in [0.717, 1.165) is 0 Å². The number of urea groups is 1. The molecule has 1 saturated heterocycles. The average Bonchev–Trinajstić information content (AvgIpc) is 2.56. The van der Waals surface area contributed by atoms with Crippen LogP contribution in [0.25, 0.3) is 0 Å². The van der Waals surface area contributed by atoms with Gasteiger partial charge in [0.05, 0.1) is 7.05 Å². The Kier molecular flexibility index (Phi) is 2.44. The minimum atomic E-state index is -1.75. The summed E-state index contributed by atoms with van der Waals surface area (Å²) >= 11 is 0. The number of hydrogen-bond acceptors (Lipinski definition) is 3. The SMILES string of the molecule is C[NH+]1C(=O)NC(C(N)=O)(c2ccccc2)C1=O. The van der Waals surface area contributed by atoms with Crippen molar-refractivity contribution < 1.29 is 19.3 Å². The highest BCUT2D eigenvalue weighted by molar-refractivity contribution is 6.13. The fourth-order valence-corrected chi connectivity index (χ4v) is 1.91. The number of hydrogen-bond donors (Lipinski definition) is 3. The molecule has 4 amide bonds. The van der Waals surface area contributed by atoms with Crippen LogP contribution in [0.15, 0.2) is 30.3 Å². The van der Waals surface area contributed by atoms with Gasteiger partial charge in [-0.1, -0.05) is 30.3 Å². The molecule has 2 rings (SSSR count). The van der Waals surface area contributed by atoms with E-state index in [2.05, 4.69) is 5.32 Å². The second-order valence-electron chi connectivity index (χ2n) is 3.89. The monoisotopic (exact) mass is 234 g/mol. The minimum Gasteiger partial charge on any atom is -0.367 e. The number of primary amides is 1. The van der Waals surface area contributed by atoms with Gasteiger partial charge in [-0.25, -0.2) is 9.59 Å². The summed E-state index contributed by atoms with van der Waals surface area (Å²) in [4.78, 5) is 35.2. The maximum absolute atomic E-state index is 12.1. The van der Waals surface area contributed by atoms with Gasteiger partial charge in [0.25, 0.3) is 11.4 Å². The van der Waals surface area contributed by atoms with Gasteiger partial charge in [0.2, 0.25) is 0 Å². The van der Waals surface area contributed by atoms with Crippen molar-refractivity contribution in [1.82, 2.24) is 5.32 Å². The van der Waals surface area contributed by atoms with Crippen molar-refractivity contribution in [2.45, 2.75) is 5.54 Å². The van der Waals surface area contributed by atoms with Gasteiger partial charge in [-0.15, -0.1) is 0 Å². The number of benzene rings is 1. The Labute approximate surface area is 97.4 Å². The first-order valence-electron chi connectivity index (χ1n) is 5.06. The van der Waals surface area contributed by atoms with Crippen molar-refractivity contribution in [2.24, 2.45) is 5.73 Å². The molecule has 0 spiro atoms. The molecule has 4 N–H and O–H groups in total. The van der Waals surface area contributed by atoms with E-state index in [1.165, 1.54) is 7.05 Å². The van der Waals surface area contributed by atoms with E-state index in [9.17, 15) is 14.4 Å². The van der Waals surface area contributed by atoms with Crippen molar-refractivity contribution in [1.29, 1.82) is 0 Å². The van der Waals surface area contributed by atoms with Crippen LogP contribution in [0.1, 0.15) is 5.56 Å². The summed E-state index contributed by atoms with van der Waals surface area (Å²) in [5.41, 5.74) is 3.92. The normalized spacial score (nSPS) is 27.9. The van der Waals surface area contributed by atoms with E-state index in [-0.39, 0.29) is 4.90 Å². The van der Waals surface area contributed by atoms with Gasteiger partial charge in [0.1, 0.15) is 0 Å². The largest absolute Gasteiger partial charge is 0.423 e. The molecule has 0 radical (unpaired) electrons. The number of nitrogens with two attached hydrogens (primary N) is 1. The fraction of sp³-hybridized carbons (Fsp3) is 0.182. The van der Waals surface area contributed by atoms with Crippen LogP contribution in [0, 0.1) is 0 Å². The number of carbonyl (C=O) groups excluding carboxylic acids is 3. The number of carbonyl (C=O) groups is 3. The molecule has 1 aromatic carbocycles. The summed E-state index contributed by atoms with van der Waals surface area (Å²) in [6.07, 6.45) is 0. The molecule has 1 aliphatic heterocycles. The lowest BCUT2D eigenvalue weighted by Gasteiger charge is -2.19. The molecule has 2 unspecified atom stereocenters. The molecule has 88 valence electrons. The first-order valence-corrected chi connectivity index (χ1v) is 5.06. The fourth-order valence-electron chi connectivity index (χ4n) is 1.91. The Morgan fingerprint density at radius 2 is 1.88 bits per heavy atom. The number of imide groups is 1. The van der Waals surface area contributed by atoms with Crippen LogP contribution < -0.4 is 16.0 Å². The number of likely N-dealkylation sites (N-methyl/N-ethyl adjacent to an activating group) is 1. The van der Waals surface area contributed by atoms with Gasteiger partial charge in [-0.2, -0.15) is 4.90 Å². The van der Waals surface area contributed by atoms with Gasteiger partial charge in [-0.05, 0) is 0 Å². The van der Waals surface area contributed by atoms with Gasteiger partial charge >= 0.3 is 11.9 Å². The van der Waals surface area contributed by atoms with E-state index < -0.39 is 23.4 Å². The van der Waals surface area contributed by atoms with Gasteiger partial charge < -0.3 is 5.73 Å². The third-order valence-corrected chi connectivity index (χ3v) is 2.90. The van der Waals surface area contributed by atoms with Crippen LogP contribution in [0.4, 0.5) is 4.79 Å². The zero-order valence-corrected chi connectivity index (χ0v) is 9.19. The number of amides is 4. The van der Waals surface area contributed by atoms with Gasteiger partial charge in [0.15, 0.2) is 0 Å². The quantitative estimate of drug-likeness (QED) is 0.413. The number of rotatable bonds is 2. The zero-order chi connectivity index (χ0) is 12.6. The summed E-state index contributed by atoms with van der Waals surface area (Å²) in [5.74, 6) is -1.46. The zero-order valence-electron chi connectivity index (χ0n) is 9.19. The van der Waals surface area contributed by atoms with Crippen molar-refractivity contribution in [3.05, 3.63) is 35.9 Å². The highest BCUT2D eigenvalue weighted by atomic mass is 16.2. The average molecular weight is 234 g/mol. The molecule has 1 aromatic rings. The molecular formula is C11H12N3O3+. The Morgan fingerprint density at radius 3 is 2.29 bits per heavy atom. The molecule has 0 aliphatic carbocycles. The first-order chi connectivity index (χ1) is 8.00. The van der Waals surface area contributed by atoms with Crippen LogP contribution in [-0.2, 0) is 15.1 Å². The number of nitrogens with one attached hydrogen (secondary N) is 2. The van der Waals surface area contributed by atoms with Crippen LogP contribution in [-0.4, -0.2) is 24.9 Å². The minimum absolute atomic E-state index is 0.00680. The van der Waals surface area contributed by atoms with E-state index in [1.54, 1.807) is 30.3 Å². The Bertz CT molecular complexity index is 500. The maximum atomic E-state index is 12.1. The van der Waals surface area contributed by atoms with E-state index in [0.29, 0.717) is 5.56 Å². The smallest absolute Gasteiger partial charge is 0.367 e. The van der Waals surface area contributed by atoms with Gasteiger partial charge in [0, 0.05) is 5.56 Å². The standard InChI is InChI=1S/C11H11N3O3/c1-14-9(16)11(8(12)15,13-10(14)17)7-5-3-2-4-6-7/h2-6H,1H3,(H2,12,15)(H,13,17)/p+1. The van der Waals surface area contributed by atoms with Crippen molar-refractivity contribution in [2.75, 3.05) is 7.05 Å². The molecule has 6 heteroatoms. The summed E-state index contributed by atoms with van der Waals surface area (Å²) in [6, 6.07) is 7.71. The highest BCUT2D eigenvalue weighted by Gasteiger charge is 2.60. The van der Waals surface area contributed by atoms with E-state index >= 15 is 0 Å². The Hall–Kier alpha value is -2.21. The first kappa shape index (κ1) is 11.3. The molecule has 1 heterocycles. The Morgan fingerprint density at radius 1 is 1.29 bits per heavy atom. The lowest BCUT2D eigenvalue weighted by molar-refractivity contribution is -0.700. The van der Waals surface area contributed by atoms with Crippen LogP contribution in [0.2, 0.25) is 0 Å². The summed E-state index contributed by atoms with van der Waals surface area (Å²) in [7, 11) is 1.38. The van der Waals surface area contributed by atoms with Gasteiger partial charge in [-0.3, -0.25) is 10.1 Å².